The monoisotopic (exact) mass is 297 g/mol. The van der Waals surface area contributed by atoms with Gasteiger partial charge in [-0.2, -0.15) is 0 Å². The quantitative estimate of drug-likeness (QED) is 0.712. The van der Waals surface area contributed by atoms with Crippen LogP contribution in [0.25, 0.3) is 0 Å². The van der Waals surface area contributed by atoms with Gasteiger partial charge in [-0.1, -0.05) is 12.1 Å². The average Bonchev–Trinajstić information content (AvgIpc) is 2.99. The lowest BCUT2D eigenvalue weighted by Crippen LogP contribution is -2.40. The smallest absolute Gasteiger partial charge is 0.240 e. The molecule has 1 fully saturated rings. The van der Waals surface area contributed by atoms with E-state index < -0.39 is 10.0 Å². The molecule has 0 radical (unpaired) electrons. The number of benzene rings is 1. The molecule has 1 saturated heterocycles. The Bertz CT molecular complexity index is 580. The van der Waals surface area contributed by atoms with Crippen molar-refractivity contribution in [1.29, 1.82) is 0 Å². The van der Waals surface area contributed by atoms with Crippen molar-refractivity contribution in [3.05, 3.63) is 29.8 Å². The van der Waals surface area contributed by atoms with E-state index in [1.54, 1.807) is 18.2 Å². The van der Waals surface area contributed by atoms with E-state index in [4.69, 9.17) is 0 Å². The summed E-state index contributed by atoms with van der Waals surface area (Å²) in [6, 6.07) is 6.42. The summed E-state index contributed by atoms with van der Waals surface area (Å²) in [4.78, 5) is 12.1. The second kappa shape index (κ2) is 6.34. The maximum Gasteiger partial charge on any atom is 0.240 e. The Balaban J connectivity index is 2.00. The average molecular weight is 297 g/mol. The summed E-state index contributed by atoms with van der Waals surface area (Å²) in [6.07, 6.45) is 1.86. The molecule has 20 heavy (non-hydrogen) atoms. The molecule has 0 bridgehead atoms. The van der Waals surface area contributed by atoms with Crippen molar-refractivity contribution in [1.82, 2.24) is 15.4 Å². The van der Waals surface area contributed by atoms with Gasteiger partial charge in [0.2, 0.25) is 15.9 Å². The van der Waals surface area contributed by atoms with Crippen LogP contribution in [-0.4, -0.2) is 34.0 Å². The van der Waals surface area contributed by atoms with Gasteiger partial charge in [0.05, 0.1) is 10.9 Å². The largest absolute Gasteiger partial charge is 0.351 e. The van der Waals surface area contributed by atoms with Crippen LogP contribution in [0.4, 0.5) is 0 Å². The van der Waals surface area contributed by atoms with Crippen LogP contribution in [0.5, 0.6) is 0 Å². The van der Waals surface area contributed by atoms with E-state index in [-0.39, 0.29) is 16.8 Å². The maximum atomic E-state index is 11.9. The normalized spacial score (nSPS) is 18.9. The number of hydrogen-bond acceptors (Lipinski definition) is 4. The molecule has 0 aromatic heterocycles. The minimum Gasteiger partial charge on any atom is -0.351 e. The third-order valence-electron chi connectivity index (χ3n) is 3.32. The van der Waals surface area contributed by atoms with Gasteiger partial charge in [0.15, 0.2) is 0 Å². The number of nitrogens with one attached hydrogen (secondary N) is 3. The Kier molecular flexibility index (Phi) is 4.74. The molecule has 1 atom stereocenters. The van der Waals surface area contributed by atoms with Crippen LogP contribution in [0, 0.1) is 0 Å². The van der Waals surface area contributed by atoms with E-state index >= 15 is 0 Å². The number of carbonyl (C=O) groups is 1. The fraction of sp³-hybridized carbons (Fsp3) is 0.462. The fourth-order valence-electron chi connectivity index (χ4n) is 2.16. The van der Waals surface area contributed by atoms with Crippen molar-refractivity contribution in [2.24, 2.45) is 0 Å². The molecule has 1 aliphatic rings. The summed E-state index contributed by atoms with van der Waals surface area (Å²) in [5, 5.41) is 5.94. The Morgan fingerprint density at radius 1 is 1.45 bits per heavy atom. The van der Waals surface area contributed by atoms with E-state index in [1.807, 2.05) is 0 Å². The molecule has 7 heteroatoms. The molecule has 0 aliphatic carbocycles. The SMILES string of the molecule is CNS(=O)(=O)c1cccc(CNC(=O)C2CCCN2)c1. The third kappa shape index (κ3) is 3.56. The highest BCUT2D eigenvalue weighted by Gasteiger charge is 2.21. The molecule has 1 aromatic rings. The molecule has 2 rings (SSSR count). The lowest BCUT2D eigenvalue weighted by atomic mass is 10.2. The van der Waals surface area contributed by atoms with Gasteiger partial charge in [-0.25, -0.2) is 13.1 Å². The lowest BCUT2D eigenvalue weighted by molar-refractivity contribution is -0.122. The van der Waals surface area contributed by atoms with Gasteiger partial charge in [-0.3, -0.25) is 4.79 Å². The second-order valence-electron chi connectivity index (χ2n) is 4.72. The van der Waals surface area contributed by atoms with Gasteiger partial charge < -0.3 is 10.6 Å². The molecule has 6 nitrogen and oxygen atoms in total. The van der Waals surface area contributed by atoms with Gasteiger partial charge in [0, 0.05) is 6.54 Å². The predicted molar refractivity (Wildman–Crippen MR) is 75.6 cm³/mol. The first-order valence-electron chi connectivity index (χ1n) is 6.56. The predicted octanol–water partition coefficient (Wildman–Crippen LogP) is -0.0371. The van der Waals surface area contributed by atoms with Crippen LogP contribution in [0.3, 0.4) is 0 Å². The van der Waals surface area contributed by atoms with E-state index in [2.05, 4.69) is 15.4 Å². The zero-order valence-electron chi connectivity index (χ0n) is 11.3. The van der Waals surface area contributed by atoms with Crippen LogP contribution in [-0.2, 0) is 21.4 Å². The first-order chi connectivity index (χ1) is 9.53. The molecule has 1 heterocycles. The molecular formula is C13H19N3O3S. The first kappa shape index (κ1) is 15.0. The Morgan fingerprint density at radius 3 is 2.90 bits per heavy atom. The van der Waals surface area contributed by atoms with E-state index in [0.717, 1.165) is 24.9 Å². The molecule has 1 unspecified atom stereocenters. The van der Waals surface area contributed by atoms with Crippen molar-refractivity contribution in [2.45, 2.75) is 30.3 Å². The third-order valence-corrected chi connectivity index (χ3v) is 4.73. The molecule has 110 valence electrons. The molecular weight excluding hydrogens is 278 g/mol. The van der Waals surface area contributed by atoms with Crippen molar-refractivity contribution in [3.8, 4) is 0 Å². The van der Waals surface area contributed by atoms with Crippen LogP contribution in [0.2, 0.25) is 0 Å². The van der Waals surface area contributed by atoms with Crippen LogP contribution >= 0.6 is 0 Å². The fourth-order valence-corrected chi connectivity index (χ4v) is 2.96. The van der Waals surface area contributed by atoms with E-state index in [0.29, 0.717) is 6.54 Å². The summed E-state index contributed by atoms with van der Waals surface area (Å²) in [5.74, 6) is -0.0376. The van der Waals surface area contributed by atoms with E-state index in [9.17, 15) is 13.2 Å². The van der Waals surface area contributed by atoms with E-state index in [1.165, 1.54) is 13.1 Å². The summed E-state index contributed by atoms with van der Waals surface area (Å²) in [7, 11) is -2.08. The van der Waals surface area contributed by atoms with Crippen molar-refractivity contribution in [3.63, 3.8) is 0 Å². The highest BCUT2D eigenvalue weighted by Crippen LogP contribution is 2.11. The summed E-state index contributed by atoms with van der Waals surface area (Å²) >= 11 is 0. The summed E-state index contributed by atoms with van der Waals surface area (Å²) < 4.78 is 25.7. The van der Waals surface area contributed by atoms with Crippen LogP contribution < -0.4 is 15.4 Å². The standard InChI is InChI=1S/C13H19N3O3S/c1-14-20(18,19)11-5-2-4-10(8-11)9-16-13(17)12-6-3-7-15-12/h2,4-5,8,12,14-15H,3,6-7,9H2,1H3,(H,16,17). The number of amides is 1. The second-order valence-corrected chi connectivity index (χ2v) is 6.61. The van der Waals surface area contributed by atoms with Crippen molar-refractivity contribution >= 4 is 15.9 Å². The minimum atomic E-state index is -3.45. The van der Waals surface area contributed by atoms with Gasteiger partial charge >= 0.3 is 0 Å². The highest BCUT2D eigenvalue weighted by molar-refractivity contribution is 7.89. The minimum absolute atomic E-state index is 0.0376. The van der Waals surface area contributed by atoms with Crippen molar-refractivity contribution < 1.29 is 13.2 Å². The zero-order valence-corrected chi connectivity index (χ0v) is 12.2. The molecule has 1 amide bonds. The lowest BCUT2D eigenvalue weighted by Gasteiger charge is -2.11. The van der Waals surface area contributed by atoms with Crippen molar-refractivity contribution in [2.75, 3.05) is 13.6 Å². The Labute approximate surface area is 119 Å². The molecule has 3 N–H and O–H groups in total. The number of hydrogen-bond donors (Lipinski definition) is 3. The Hall–Kier alpha value is -1.44. The van der Waals surface area contributed by atoms with Gasteiger partial charge in [-0.05, 0) is 44.1 Å². The number of rotatable bonds is 5. The molecule has 0 saturated carbocycles. The van der Waals surface area contributed by atoms with Gasteiger partial charge in [0.25, 0.3) is 0 Å². The number of sulfonamides is 1. The molecule has 1 aromatic carbocycles. The maximum absolute atomic E-state index is 11.9. The number of carbonyl (C=O) groups excluding carboxylic acids is 1. The van der Waals surface area contributed by atoms with Crippen LogP contribution in [0.15, 0.2) is 29.2 Å². The highest BCUT2D eigenvalue weighted by atomic mass is 32.2. The summed E-state index contributed by atoms with van der Waals surface area (Å²) in [5.41, 5.74) is 0.757. The Morgan fingerprint density at radius 2 is 2.25 bits per heavy atom. The molecule has 0 spiro atoms. The van der Waals surface area contributed by atoms with Crippen LogP contribution in [0.1, 0.15) is 18.4 Å². The van der Waals surface area contributed by atoms with Gasteiger partial charge in [-0.15, -0.1) is 0 Å². The first-order valence-corrected chi connectivity index (χ1v) is 8.05. The summed E-state index contributed by atoms with van der Waals surface area (Å²) in [6.45, 7) is 1.19. The topological polar surface area (TPSA) is 87.3 Å². The van der Waals surface area contributed by atoms with Gasteiger partial charge in [0.1, 0.15) is 0 Å². The molecule has 1 aliphatic heterocycles. The zero-order chi connectivity index (χ0) is 14.6.